The second-order valence-corrected chi connectivity index (χ2v) is 4.99. The van der Waals surface area contributed by atoms with Crippen molar-refractivity contribution in [1.82, 2.24) is 24.6 Å². The average Bonchev–Trinajstić information content (AvgIpc) is 3.09. The minimum atomic E-state index is 0.00849. The second-order valence-electron chi connectivity index (χ2n) is 4.99. The van der Waals surface area contributed by atoms with Crippen LogP contribution in [0.2, 0.25) is 0 Å². The first-order valence-electron chi connectivity index (χ1n) is 6.53. The van der Waals surface area contributed by atoms with Crippen molar-refractivity contribution in [1.29, 1.82) is 0 Å². The number of nitrogens with one attached hydrogen (secondary N) is 1. The lowest BCUT2D eigenvalue weighted by molar-refractivity contribution is 0.0673. The molecule has 6 nitrogen and oxygen atoms in total. The van der Waals surface area contributed by atoms with Gasteiger partial charge < -0.3 is 9.47 Å². The van der Waals surface area contributed by atoms with Crippen LogP contribution in [0.5, 0.6) is 0 Å². The number of hydrogen-bond donors (Lipinski definition) is 1. The number of nitrogens with zero attached hydrogens (tertiary/aromatic N) is 4. The molecular formula is C13H17N5O. The molecule has 1 aliphatic heterocycles. The van der Waals surface area contributed by atoms with Gasteiger partial charge in [0, 0.05) is 31.2 Å². The molecule has 19 heavy (non-hydrogen) atoms. The summed E-state index contributed by atoms with van der Waals surface area (Å²) < 4.78 is 2.08. The Hall–Kier alpha value is -2.11. The molecule has 2 aromatic rings. The lowest BCUT2D eigenvalue weighted by Gasteiger charge is -2.32. The molecule has 1 aliphatic rings. The number of amides is 1. The molecule has 3 heterocycles. The van der Waals surface area contributed by atoms with Gasteiger partial charge >= 0.3 is 0 Å². The van der Waals surface area contributed by atoms with Gasteiger partial charge in [0.1, 0.15) is 5.69 Å². The molecule has 0 unspecified atom stereocenters. The van der Waals surface area contributed by atoms with Crippen LogP contribution in [0.15, 0.2) is 24.8 Å². The maximum Gasteiger partial charge on any atom is 0.274 e. The number of piperidine rings is 1. The molecule has 1 saturated heterocycles. The lowest BCUT2D eigenvalue weighted by Crippen LogP contribution is -2.40. The number of aromatic nitrogens is 4. The highest BCUT2D eigenvalue weighted by atomic mass is 16.2. The summed E-state index contributed by atoms with van der Waals surface area (Å²) in [5, 5.41) is 6.86. The van der Waals surface area contributed by atoms with Gasteiger partial charge in [-0.25, -0.2) is 4.98 Å². The van der Waals surface area contributed by atoms with Crippen molar-refractivity contribution < 1.29 is 4.79 Å². The van der Waals surface area contributed by atoms with E-state index in [1.54, 1.807) is 12.3 Å². The van der Waals surface area contributed by atoms with Gasteiger partial charge in [0.15, 0.2) is 0 Å². The van der Waals surface area contributed by atoms with Crippen molar-refractivity contribution in [3.05, 3.63) is 36.2 Å². The number of aryl methyl sites for hydroxylation is 1. The predicted molar refractivity (Wildman–Crippen MR) is 69.7 cm³/mol. The summed E-state index contributed by atoms with van der Waals surface area (Å²) in [6.07, 6.45) is 7.64. The molecule has 0 aromatic carbocycles. The number of carbonyl (C=O) groups excluding carboxylic acids is 1. The topological polar surface area (TPSA) is 66.8 Å². The summed E-state index contributed by atoms with van der Waals surface area (Å²) in [7, 11) is 0. The first-order valence-corrected chi connectivity index (χ1v) is 6.53. The highest BCUT2D eigenvalue weighted by molar-refractivity contribution is 5.92. The molecule has 0 spiro atoms. The van der Waals surface area contributed by atoms with Crippen LogP contribution in [0.25, 0.3) is 0 Å². The number of hydrogen-bond acceptors (Lipinski definition) is 3. The summed E-state index contributed by atoms with van der Waals surface area (Å²) in [6.45, 7) is 3.42. The molecule has 100 valence electrons. The third-order valence-electron chi connectivity index (χ3n) is 3.56. The van der Waals surface area contributed by atoms with Gasteiger partial charge in [0.25, 0.3) is 5.91 Å². The third kappa shape index (κ3) is 2.38. The minimum absolute atomic E-state index is 0.00849. The van der Waals surface area contributed by atoms with E-state index in [2.05, 4.69) is 19.7 Å². The van der Waals surface area contributed by atoms with Gasteiger partial charge in [-0.15, -0.1) is 0 Å². The fourth-order valence-corrected chi connectivity index (χ4v) is 2.56. The zero-order valence-electron chi connectivity index (χ0n) is 10.9. The van der Waals surface area contributed by atoms with E-state index < -0.39 is 0 Å². The number of rotatable bonds is 2. The second kappa shape index (κ2) is 4.87. The summed E-state index contributed by atoms with van der Waals surface area (Å²) in [5.41, 5.74) is 1.41. The fraction of sp³-hybridized carbons (Fsp3) is 0.462. The molecule has 1 N–H and O–H groups in total. The maximum atomic E-state index is 12.3. The van der Waals surface area contributed by atoms with Crippen LogP contribution in [0.4, 0.5) is 0 Å². The Labute approximate surface area is 111 Å². The predicted octanol–water partition coefficient (Wildman–Crippen LogP) is 1.39. The fourth-order valence-electron chi connectivity index (χ4n) is 2.56. The van der Waals surface area contributed by atoms with Crippen molar-refractivity contribution in [2.75, 3.05) is 13.1 Å². The Morgan fingerprint density at radius 1 is 1.53 bits per heavy atom. The molecule has 0 saturated carbocycles. The molecule has 1 atom stereocenters. The van der Waals surface area contributed by atoms with E-state index in [0.29, 0.717) is 11.7 Å². The zero-order chi connectivity index (χ0) is 13.2. The molecule has 0 bridgehead atoms. The van der Waals surface area contributed by atoms with E-state index in [4.69, 9.17) is 0 Å². The van der Waals surface area contributed by atoms with Gasteiger partial charge in [-0.1, -0.05) is 0 Å². The van der Waals surface area contributed by atoms with Crippen LogP contribution in [-0.4, -0.2) is 43.6 Å². The van der Waals surface area contributed by atoms with E-state index in [1.165, 1.54) is 0 Å². The monoisotopic (exact) mass is 259 g/mol. The number of carbonyl (C=O) groups is 1. The van der Waals surface area contributed by atoms with Crippen molar-refractivity contribution >= 4 is 5.91 Å². The molecule has 0 radical (unpaired) electrons. The van der Waals surface area contributed by atoms with Gasteiger partial charge in [0.2, 0.25) is 0 Å². The van der Waals surface area contributed by atoms with Crippen LogP contribution in [0.1, 0.15) is 35.1 Å². The number of H-pyrrole nitrogens is 1. The summed E-state index contributed by atoms with van der Waals surface area (Å²) >= 11 is 0. The van der Waals surface area contributed by atoms with Crippen molar-refractivity contribution in [3.8, 4) is 0 Å². The van der Waals surface area contributed by atoms with E-state index in [0.717, 1.165) is 31.6 Å². The number of imidazole rings is 1. The molecule has 2 aromatic heterocycles. The molecule has 6 heteroatoms. The number of likely N-dealkylation sites (tertiary alicyclic amines) is 1. The van der Waals surface area contributed by atoms with Crippen LogP contribution < -0.4 is 0 Å². The lowest BCUT2D eigenvalue weighted by atomic mass is 10.1. The maximum absolute atomic E-state index is 12.3. The molecule has 3 rings (SSSR count). The van der Waals surface area contributed by atoms with Crippen LogP contribution in [0, 0.1) is 6.92 Å². The van der Waals surface area contributed by atoms with Crippen molar-refractivity contribution in [2.45, 2.75) is 25.8 Å². The molecule has 1 amide bonds. The molecular weight excluding hydrogens is 242 g/mol. The van der Waals surface area contributed by atoms with E-state index in [9.17, 15) is 4.79 Å². The average molecular weight is 259 g/mol. The quantitative estimate of drug-likeness (QED) is 0.886. The van der Waals surface area contributed by atoms with Gasteiger partial charge in [0.05, 0.1) is 12.4 Å². The molecule has 0 aliphatic carbocycles. The molecule has 1 fully saturated rings. The summed E-state index contributed by atoms with van der Waals surface area (Å²) in [5.74, 6) is 0.00849. The van der Waals surface area contributed by atoms with E-state index in [-0.39, 0.29) is 5.91 Å². The Morgan fingerprint density at radius 2 is 2.42 bits per heavy atom. The Bertz CT molecular complexity index is 559. The zero-order valence-corrected chi connectivity index (χ0v) is 10.9. The minimum Gasteiger partial charge on any atom is -0.335 e. The van der Waals surface area contributed by atoms with Crippen LogP contribution >= 0.6 is 0 Å². The highest BCUT2D eigenvalue weighted by Crippen LogP contribution is 2.22. The number of aromatic amines is 1. The standard InChI is InChI=1S/C13H17N5O/c1-10-7-12(16-15-10)13(19)17-5-2-3-11(8-17)18-6-4-14-9-18/h4,6-7,9,11H,2-3,5,8H2,1H3,(H,15,16)/t11-/m0/s1. The Balaban J connectivity index is 1.73. The van der Waals surface area contributed by atoms with E-state index >= 15 is 0 Å². The highest BCUT2D eigenvalue weighted by Gasteiger charge is 2.26. The largest absolute Gasteiger partial charge is 0.335 e. The first-order chi connectivity index (χ1) is 9.24. The summed E-state index contributed by atoms with van der Waals surface area (Å²) in [4.78, 5) is 18.3. The van der Waals surface area contributed by atoms with Gasteiger partial charge in [-0.2, -0.15) is 5.10 Å². The van der Waals surface area contributed by atoms with Crippen LogP contribution in [-0.2, 0) is 0 Å². The first kappa shape index (κ1) is 12.0. The van der Waals surface area contributed by atoms with Crippen molar-refractivity contribution in [2.24, 2.45) is 0 Å². The van der Waals surface area contributed by atoms with E-state index in [1.807, 2.05) is 24.3 Å². The van der Waals surface area contributed by atoms with Crippen molar-refractivity contribution in [3.63, 3.8) is 0 Å². The van der Waals surface area contributed by atoms with Crippen LogP contribution in [0.3, 0.4) is 0 Å². The SMILES string of the molecule is Cc1cc(C(=O)N2CCC[C@H](n3ccnc3)C2)n[nH]1. The van der Waals surface area contributed by atoms with Gasteiger partial charge in [-0.3, -0.25) is 9.89 Å². The normalized spacial score (nSPS) is 19.6. The Morgan fingerprint density at radius 3 is 3.11 bits per heavy atom. The smallest absolute Gasteiger partial charge is 0.274 e. The van der Waals surface area contributed by atoms with Gasteiger partial charge in [-0.05, 0) is 25.8 Å². The Kier molecular flexibility index (Phi) is 3.06. The third-order valence-corrected chi connectivity index (χ3v) is 3.56. The summed E-state index contributed by atoms with van der Waals surface area (Å²) in [6, 6.07) is 2.11.